The molecule has 0 bridgehead atoms. The lowest BCUT2D eigenvalue weighted by atomic mass is 10.2. The summed E-state index contributed by atoms with van der Waals surface area (Å²) in [5, 5.41) is 9.98. The number of thioether (sulfide) groups is 1. The summed E-state index contributed by atoms with van der Waals surface area (Å²) < 4.78 is 5.56. The van der Waals surface area contributed by atoms with Gasteiger partial charge in [-0.3, -0.25) is 4.90 Å². The molecule has 0 amide bonds. The minimum Gasteiger partial charge on any atom is -0.389 e. The van der Waals surface area contributed by atoms with Crippen LogP contribution in [0.3, 0.4) is 0 Å². The van der Waals surface area contributed by atoms with E-state index in [0.29, 0.717) is 25.8 Å². The van der Waals surface area contributed by atoms with Crippen molar-refractivity contribution in [1.29, 1.82) is 0 Å². The van der Waals surface area contributed by atoms with Crippen LogP contribution in [0.2, 0.25) is 0 Å². The van der Waals surface area contributed by atoms with Gasteiger partial charge in [-0.05, 0) is 24.8 Å². The Labute approximate surface area is 120 Å². The van der Waals surface area contributed by atoms with Crippen LogP contribution in [0.5, 0.6) is 0 Å². The van der Waals surface area contributed by atoms with Gasteiger partial charge in [0.15, 0.2) is 0 Å². The van der Waals surface area contributed by atoms with Crippen molar-refractivity contribution in [3.63, 3.8) is 0 Å². The van der Waals surface area contributed by atoms with Gasteiger partial charge in [0, 0.05) is 18.3 Å². The number of aliphatic hydroxyl groups excluding tert-OH is 1. The van der Waals surface area contributed by atoms with Gasteiger partial charge in [-0.25, -0.2) is 0 Å². The summed E-state index contributed by atoms with van der Waals surface area (Å²) in [6, 6.07) is 10.7. The molecule has 2 unspecified atom stereocenters. The quantitative estimate of drug-likeness (QED) is 0.828. The Kier molecular flexibility index (Phi) is 6.17. The molecule has 0 saturated carbocycles. The molecule has 1 heterocycles. The Morgan fingerprint density at radius 1 is 1.42 bits per heavy atom. The Hall–Kier alpha value is -0.550. The fraction of sp³-hybridized carbons (Fsp3) is 0.600. The average Bonchev–Trinajstić information content (AvgIpc) is 2.94. The Morgan fingerprint density at radius 2 is 2.21 bits per heavy atom. The summed E-state index contributed by atoms with van der Waals surface area (Å²) in [5.41, 5.74) is 1.15. The highest BCUT2D eigenvalue weighted by Gasteiger charge is 2.21. The van der Waals surface area contributed by atoms with E-state index in [1.54, 1.807) is 0 Å². The summed E-state index contributed by atoms with van der Waals surface area (Å²) >= 11 is 2.00. The number of hydrogen-bond acceptors (Lipinski definition) is 4. The van der Waals surface area contributed by atoms with Crippen molar-refractivity contribution < 1.29 is 9.84 Å². The highest BCUT2D eigenvalue weighted by molar-refractivity contribution is 7.99. The van der Waals surface area contributed by atoms with E-state index in [4.69, 9.17) is 4.74 Å². The molecule has 1 aliphatic heterocycles. The van der Waals surface area contributed by atoms with E-state index in [9.17, 15) is 5.11 Å². The molecule has 1 fully saturated rings. The number of benzene rings is 1. The highest BCUT2D eigenvalue weighted by Crippen LogP contribution is 2.21. The lowest BCUT2D eigenvalue weighted by Crippen LogP contribution is -2.39. The van der Waals surface area contributed by atoms with E-state index in [-0.39, 0.29) is 0 Å². The van der Waals surface area contributed by atoms with Gasteiger partial charge in [-0.15, -0.1) is 0 Å². The summed E-state index contributed by atoms with van der Waals surface area (Å²) in [6.07, 6.45) is 0.831. The second kappa shape index (κ2) is 7.90. The fourth-order valence-electron chi connectivity index (χ4n) is 2.29. The molecule has 0 radical (unpaired) electrons. The summed E-state index contributed by atoms with van der Waals surface area (Å²) in [5.74, 6) is 2.43. The number of ether oxygens (including phenoxy) is 1. The zero-order valence-electron chi connectivity index (χ0n) is 11.5. The molecule has 0 spiro atoms. The Balaban J connectivity index is 1.62. The van der Waals surface area contributed by atoms with Crippen LogP contribution in [0.4, 0.5) is 0 Å². The van der Waals surface area contributed by atoms with E-state index < -0.39 is 6.10 Å². The number of aliphatic hydroxyl groups is 1. The van der Waals surface area contributed by atoms with Crippen LogP contribution in [-0.4, -0.2) is 53.9 Å². The summed E-state index contributed by atoms with van der Waals surface area (Å²) in [6.45, 7) is 1.67. The molecule has 1 aromatic rings. The van der Waals surface area contributed by atoms with Gasteiger partial charge >= 0.3 is 0 Å². The molecule has 4 heteroatoms. The maximum Gasteiger partial charge on any atom is 0.0900 e. The number of nitrogens with zero attached hydrogens (tertiary/aromatic N) is 1. The van der Waals surface area contributed by atoms with Crippen LogP contribution >= 0.6 is 11.8 Å². The van der Waals surface area contributed by atoms with Crippen molar-refractivity contribution in [2.45, 2.75) is 25.2 Å². The van der Waals surface area contributed by atoms with E-state index in [1.807, 2.05) is 42.1 Å². The molecule has 1 aliphatic rings. The monoisotopic (exact) mass is 281 g/mol. The predicted molar refractivity (Wildman–Crippen MR) is 80.5 cm³/mol. The second-order valence-electron chi connectivity index (χ2n) is 5.11. The first-order chi connectivity index (χ1) is 9.25. The molecule has 106 valence electrons. The largest absolute Gasteiger partial charge is 0.389 e. The molecule has 3 nitrogen and oxygen atoms in total. The smallest absolute Gasteiger partial charge is 0.0900 e. The van der Waals surface area contributed by atoms with Gasteiger partial charge in [0.1, 0.15) is 0 Å². The van der Waals surface area contributed by atoms with Crippen molar-refractivity contribution in [1.82, 2.24) is 4.90 Å². The maximum atomic E-state index is 9.98. The third kappa shape index (κ3) is 5.15. The molecule has 0 aromatic heterocycles. The summed E-state index contributed by atoms with van der Waals surface area (Å²) in [7, 11) is 2.09. The van der Waals surface area contributed by atoms with Crippen molar-refractivity contribution in [2.75, 3.05) is 31.7 Å². The zero-order valence-corrected chi connectivity index (χ0v) is 12.3. The normalized spacial score (nSPS) is 20.9. The van der Waals surface area contributed by atoms with E-state index in [1.165, 1.54) is 17.9 Å². The molecule has 1 saturated heterocycles. The first kappa shape index (κ1) is 14.9. The van der Waals surface area contributed by atoms with Gasteiger partial charge in [0.25, 0.3) is 0 Å². The lowest BCUT2D eigenvalue weighted by molar-refractivity contribution is 0.00914. The van der Waals surface area contributed by atoms with Gasteiger partial charge in [0.2, 0.25) is 0 Å². The molecule has 0 aliphatic carbocycles. The Morgan fingerprint density at radius 3 is 2.89 bits per heavy atom. The van der Waals surface area contributed by atoms with Gasteiger partial charge in [0.05, 0.1) is 19.3 Å². The first-order valence-corrected chi connectivity index (χ1v) is 7.99. The van der Waals surface area contributed by atoms with Crippen molar-refractivity contribution >= 4 is 11.8 Å². The minimum atomic E-state index is -0.403. The predicted octanol–water partition coefficient (Wildman–Crippen LogP) is 2.00. The van der Waals surface area contributed by atoms with Crippen molar-refractivity contribution in [3.8, 4) is 0 Å². The van der Waals surface area contributed by atoms with Crippen LogP contribution in [0.25, 0.3) is 0 Å². The topological polar surface area (TPSA) is 32.7 Å². The van der Waals surface area contributed by atoms with Crippen LogP contribution < -0.4 is 0 Å². The first-order valence-electron chi connectivity index (χ1n) is 6.83. The van der Waals surface area contributed by atoms with Crippen LogP contribution in [-0.2, 0) is 11.3 Å². The number of hydrogen-bond donors (Lipinski definition) is 1. The standard InChI is InChI=1S/C15H23NO2S/c1-16(14-7-8-19-12-14)9-15(17)11-18-10-13-5-3-2-4-6-13/h2-6,14-15,17H,7-12H2,1H3. The number of likely N-dealkylation sites (N-methyl/N-ethyl adjacent to an activating group) is 1. The maximum absolute atomic E-state index is 9.98. The summed E-state index contributed by atoms with van der Waals surface area (Å²) in [4.78, 5) is 2.26. The molecule has 2 atom stereocenters. The van der Waals surface area contributed by atoms with Crippen molar-refractivity contribution in [2.24, 2.45) is 0 Å². The van der Waals surface area contributed by atoms with E-state index in [2.05, 4.69) is 11.9 Å². The van der Waals surface area contributed by atoms with Gasteiger partial charge < -0.3 is 9.84 Å². The van der Waals surface area contributed by atoms with E-state index in [0.717, 1.165) is 5.56 Å². The molecule has 2 rings (SSSR count). The van der Waals surface area contributed by atoms with E-state index >= 15 is 0 Å². The van der Waals surface area contributed by atoms with Crippen molar-refractivity contribution in [3.05, 3.63) is 35.9 Å². The third-order valence-electron chi connectivity index (χ3n) is 3.45. The molecule has 19 heavy (non-hydrogen) atoms. The fourth-order valence-corrected chi connectivity index (χ4v) is 3.59. The number of rotatable bonds is 7. The Bertz CT molecular complexity index is 354. The minimum absolute atomic E-state index is 0.402. The van der Waals surface area contributed by atoms with Gasteiger partial charge in [-0.2, -0.15) is 11.8 Å². The lowest BCUT2D eigenvalue weighted by Gasteiger charge is -2.25. The molecular formula is C15H23NO2S. The molecular weight excluding hydrogens is 258 g/mol. The van der Waals surface area contributed by atoms with Gasteiger partial charge in [-0.1, -0.05) is 30.3 Å². The molecule has 1 aromatic carbocycles. The zero-order chi connectivity index (χ0) is 13.5. The highest BCUT2D eigenvalue weighted by atomic mass is 32.2. The van der Waals surface area contributed by atoms with Crippen LogP contribution in [0.15, 0.2) is 30.3 Å². The second-order valence-corrected chi connectivity index (χ2v) is 6.26. The van der Waals surface area contributed by atoms with Crippen LogP contribution in [0, 0.1) is 0 Å². The SMILES string of the molecule is CN(CC(O)COCc1ccccc1)C1CCSC1. The third-order valence-corrected chi connectivity index (χ3v) is 4.59. The average molecular weight is 281 g/mol. The van der Waals surface area contributed by atoms with Crippen LogP contribution in [0.1, 0.15) is 12.0 Å². The molecule has 1 N–H and O–H groups in total.